The van der Waals surface area contributed by atoms with E-state index in [-0.39, 0.29) is 17.0 Å². The van der Waals surface area contributed by atoms with E-state index < -0.39 is 0 Å². The monoisotopic (exact) mass is 220 g/mol. The molecule has 11 heavy (non-hydrogen) atoms. The van der Waals surface area contributed by atoms with Gasteiger partial charge in [-0.05, 0) is 6.42 Å². The molecule has 0 bridgehead atoms. The largest absolute Gasteiger partial charge is 1.00 e. The van der Waals surface area contributed by atoms with E-state index in [0.29, 0.717) is 0 Å². The lowest BCUT2D eigenvalue weighted by Crippen LogP contribution is -3.00. The van der Waals surface area contributed by atoms with Gasteiger partial charge in [0.15, 0.2) is 0 Å². The van der Waals surface area contributed by atoms with Crippen LogP contribution in [0.5, 0.6) is 0 Å². The maximum absolute atomic E-state index is 5.36. The minimum absolute atomic E-state index is 0. The second-order valence-electron chi connectivity index (χ2n) is 2.27. The summed E-state index contributed by atoms with van der Waals surface area (Å²) in [6.07, 6.45) is 6.94. The van der Waals surface area contributed by atoms with Gasteiger partial charge < -0.3 is 17.0 Å². The maximum atomic E-state index is 5.36. The third-order valence-corrected chi connectivity index (χ3v) is 1.32. The first-order valence-corrected chi connectivity index (χ1v) is 3.50. The Morgan fingerprint density at radius 1 is 1.64 bits per heavy atom. The Kier molecular flexibility index (Phi) is 5.15. The molecule has 0 aromatic heterocycles. The van der Waals surface area contributed by atoms with Crippen LogP contribution in [0.15, 0.2) is 6.20 Å². The molecule has 0 radical (unpaired) electrons. The normalized spacial score (nSPS) is 14.7. The van der Waals surface area contributed by atoms with Crippen molar-refractivity contribution in [3.05, 3.63) is 12.4 Å². The molecule has 0 atom stereocenters. The second-order valence-corrected chi connectivity index (χ2v) is 2.27. The van der Waals surface area contributed by atoms with Gasteiger partial charge in [-0.25, -0.2) is 5.84 Å². The van der Waals surface area contributed by atoms with E-state index in [2.05, 4.69) is 18.7 Å². The fourth-order valence-corrected chi connectivity index (χ4v) is 0.760. The highest BCUT2D eigenvalue weighted by Crippen LogP contribution is 1.96. The van der Waals surface area contributed by atoms with E-state index >= 15 is 0 Å². The highest BCUT2D eigenvalue weighted by atomic mass is 79.9. The lowest BCUT2D eigenvalue weighted by Gasteiger charge is -2.07. The van der Waals surface area contributed by atoms with Crippen molar-refractivity contribution in [2.45, 2.75) is 19.8 Å². The van der Waals surface area contributed by atoms with Crippen LogP contribution in [0.2, 0.25) is 0 Å². The third kappa shape index (κ3) is 3.53. The number of nitrogens with one attached hydrogen (secondary N) is 1. The van der Waals surface area contributed by atoms with Crippen LogP contribution >= 0.6 is 0 Å². The van der Waals surface area contributed by atoms with E-state index in [9.17, 15) is 0 Å². The van der Waals surface area contributed by atoms with Crippen LogP contribution in [-0.2, 0) is 0 Å². The van der Waals surface area contributed by atoms with Gasteiger partial charge in [-0.15, -0.1) is 0 Å². The topological polar surface area (TPSA) is 44.5 Å². The summed E-state index contributed by atoms with van der Waals surface area (Å²) in [6, 6.07) is 0. The molecule has 0 aliphatic carbocycles. The molecule has 1 heterocycles. The van der Waals surface area contributed by atoms with E-state index in [1.54, 1.807) is 6.20 Å². The van der Waals surface area contributed by atoms with Crippen LogP contribution in [0.4, 0.5) is 0 Å². The van der Waals surface area contributed by atoms with Crippen molar-refractivity contribution in [2.24, 2.45) is 5.84 Å². The molecule has 0 unspecified atom stereocenters. The Bertz CT molecular complexity index is 128. The quantitative estimate of drug-likeness (QED) is 0.393. The lowest BCUT2D eigenvalue weighted by molar-refractivity contribution is -0.00000244. The molecule has 64 valence electrons. The number of hydrogen-bond donors (Lipinski definition) is 2. The van der Waals surface area contributed by atoms with Crippen molar-refractivity contribution in [3.8, 4) is 0 Å². The predicted molar refractivity (Wildman–Crippen MR) is 38.6 cm³/mol. The van der Waals surface area contributed by atoms with E-state index in [1.807, 2.05) is 5.01 Å². The van der Waals surface area contributed by atoms with Gasteiger partial charge in [-0.2, -0.15) is 5.12 Å². The van der Waals surface area contributed by atoms with Crippen LogP contribution < -0.4 is 28.4 Å². The zero-order valence-electron chi connectivity index (χ0n) is 6.55. The average Bonchev–Trinajstić information content (AvgIpc) is 2.31. The zero-order chi connectivity index (χ0) is 7.40. The average molecular weight is 221 g/mol. The molecule has 0 fully saturated rings. The van der Waals surface area contributed by atoms with Crippen molar-refractivity contribution in [3.63, 3.8) is 0 Å². The molecule has 4 nitrogen and oxygen atoms in total. The fourth-order valence-electron chi connectivity index (χ4n) is 0.760. The van der Waals surface area contributed by atoms with Crippen molar-refractivity contribution >= 4 is 0 Å². The van der Waals surface area contributed by atoms with Gasteiger partial charge in [0.25, 0.3) is 0 Å². The molecule has 0 amide bonds. The fraction of sp³-hybridized carbons (Fsp3) is 0.667. The molecule has 0 aromatic carbocycles. The number of unbranched alkanes of at least 4 members (excludes halogenated alkanes) is 1. The molecule has 0 aromatic rings. The van der Waals surface area contributed by atoms with E-state index in [1.165, 1.54) is 11.5 Å². The molecule has 3 N–H and O–H groups in total. The SMILES string of the molecule is CCCCN1[C+]=CN(N)N1.[Br-]. The number of nitrogens with zero attached hydrogens (tertiary/aromatic N) is 2. The Morgan fingerprint density at radius 3 is 2.82 bits per heavy atom. The Labute approximate surface area is 77.7 Å². The highest BCUT2D eigenvalue weighted by Gasteiger charge is 2.20. The first-order chi connectivity index (χ1) is 4.83. The minimum Gasteiger partial charge on any atom is -1.00 e. The van der Waals surface area contributed by atoms with E-state index in [0.717, 1.165) is 13.0 Å². The lowest BCUT2D eigenvalue weighted by atomic mass is 10.3. The zero-order valence-corrected chi connectivity index (χ0v) is 8.13. The molecule has 0 spiro atoms. The van der Waals surface area contributed by atoms with Crippen LogP contribution in [0.3, 0.4) is 0 Å². The summed E-state index contributed by atoms with van der Waals surface area (Å²) in [4.78, 5) is 0. The molecule has 0 saturated heterocycles. The first-order valence-electron chi connectivity index (χ1n) is 3.50. The Balaban J connectivity index is 0.000001000. The van der Waals surface area contributed by atoms with Crippen LogP contribution in [-0.4, -0.2) is 16.7 Å². The number of nitrogens with two attached hydrogens (primary N) is 1. The Hall–Kier alpha value is -0.350. The minimum atomic E-state index is 0. The molecular weight excluding hydrogens is 208 g/mol. The molecule has 0 saturated carbocycles. The van der Waals surface area contributed by atoms with Gasteiger partial charge in [0.2, 0.25) is 0 Å². The molecule has 5 heteroatoms. The molecule has 1 rings (SSSR count). The predicted octanol–water partition coefficient (Wildman–Crippen LogP) is -3.02. The van der Waals surface area contributed by atoms with Gasteiger partial charge >= 0.3 is 12.4 Å². The standard InChI is InChI=1S/C6H13N4.BrH/c1-2-3-4-9-5-6-10(7)8-9;/h6,8H,2-4,7H2,1H3;1H/q+1;/p-1. The first kappa shape index (κ1) is 10.7. The maximum Gasteiger partial charge on any atom is 0.411 e. The number of hydrogen-bond acceptors (Lipinski definition) is 4. The number of halogens is 1. The molecular formula is C6H13BrN4. The Morgan fingerprint density at radius 2 is 2.36 bits per heavy atom. The van der Waals surface area contributed by atoms with Crippen molar-refractivity contribution in [1.29, 1.82) is 0 Å². The van der Waals surface area contributed by atoms with Crippen LogP contribution in [0.25, 0.3) is 0 Å². The van der Waals surface area contributed by atoms with Gasteiger partial charge in [-0.1, -0.05) is 23.9 Å². The summed E-state index contributed by atoms with van der Waals surface area (Å²) >= 11 is 0. The summed E-state index contributed by atoms with van der Waals surface area (Å²) in [6.45, 7) is 3.11. The summed E-state index contributed by atoms with van der Waals surface area (Å²) in [7, 11) is 0. The van der Waals surface area contributed by atoms with Crippen molar-refractivity contribution < 1.29 is 17.0 Å². The molecule has 1 aliphatic heterocycles. The van der Waals surface area contributed by atoms with Crippen LogP contribution in [0.1, 0.15) is 19.8 Å². The van der Waals surface area contributed by atoms with Gasteiger partial charge in [-0.3, -0.25) is 0 Å². The summed E-state index contributed by atoms with van der Waals surface area (Å²) in [5.74, 6) is 5.36. The van der Waals surface area contributed by atoms with Gasteiger partial charge in [0, 0.05) is 0 Å². The molecule has 1 aliphatic rings. The second kappa shape index (κ2) is 5.32. The van der Waals surface area contributed by atoms with E-state index in [4.69, 9.17) is 5.84 Å². The van der Waals surface area contributed by atoms with Gasteiger partial charge in [0.05, 0.1) is 6.54 Å². The summed E-state index contributed by atoms with van der Waals surface area (Å²) < 4.78 is 0. The van der Waals surface area contributed by atoms with Crippen molar-refractivity contribution in [1.82, 2.24) is 15.7 Å². The van der Waals surface area contributed by atoms with Gasteiger partial charge in [0.1, 0.15) is 0 Å². The number of rotatable bonds is 3. The summed E-state index contributed by atoms with van der Waals surface area (Å²) in [5.41, 5.74) is 2.87. The van der Waals surface area contributed by atoms with Crippen molar-refractivity contribution in [2.75, 3.05) is 6.54 Å². The highest BCUT2D eigenvalue weighted by molar-refractivity contribution is 4.74. The summed E-state index contributed by atoms with van der Waals surface area (Å²) in [5, 5.41) is 3.22. The number of hydrazine groups is 3. The van der Waals surface area contributed by atoms with Crippen LogP contribution in [0, 0.1) is 6.20 Å². The smallest absolute Gasteiger partial charge is 0.411 e. The third-order valence-electron chi connectivity index (χ3n) is 1.32.